The third-order valence-corrected chi connectivity index (χ3v) is 6.40. The summed E-state index contributed by atoms with van der Waals surface area (Å²) in [7, 11) is 1.59. The Morgan fingerprint density at radius 1 is 1.24 bits per heavy atom. The number of carbonyl (C=O) groups excluding carboxylic acids is 1. The Bertz CT molecular complexity index is 731. The van der Waals surface area contributed by atoms with E-state index in [1.165, 1.54) is 0 Å². The average Bonchev–Trinajstić information content (AvgIpc) is 3.19. The summed E-state index contributed by atoms with van der Waals surface area (Å²) in [6, 6.07) is 7.80. The molecule has 2 fully saturated rings. The zero-order valence-corrected chi connectivity index (χ0v) is 17.6. The molecule has 2 unspecified atom stereocenters. The van der Waals surface area contributed by atoms with Crippen LogP contribution in [-0.4, -0.2) is 79.9 Å². The van der Waals surface area contributed by atoms with Crippen LogP contribution in [0.15, 0.2) is 24.3 Å². The van der Waals surface area contributed by atoms with Crippen LogP contribution in [0.25, 0.3) is 0 Å². The lowest BCUT2D eigenvalue weighted by Gasteiger charge is -2.29. The van der Waals surface area contributed by atoms with E-state index in [2.05, 4.69) is 4.90 Å². The highest BCUT2D eigenvalue weighted by Crippen LogP contribution is 2.46. The van der Waals surface area contributed by atoms with E-state index in [4.69, 9.17) is 21.1 Å². The van der Waals surface area contributed by atoms with Gasteiger partial charge in [0.15, 0.2) is 0 Å². The van der Waals surface area contributed by atoms with Crippen molar-refractivity contribution in [1.82, 2.24) is 9.80 Å². The van der Waals surface area contributed by atoms with Crippen LogP contribution in [0.5, 0.6) is 0 Å². The first-order valence-corrected chi connectivity index (χ1v) is 10.3. The molecule has 0 spiro atoms. The topological polar surface area (TPSA) is 79.3 Å². The Hall–Kier alpha value is -1.67. The molecule has 7 nitrogen and oxygen atoms in total. The number of likely N-dealkylation sites (tertiary alicyclic amines) is 2. The van der Waals surface area contributed by atoms with Gasteiger partial charge in [-0.3, -0.25) is 14.5 Å². The minimum Gasteiger partial charge on any atom is -0.481 e. The SMILES string of the molecule is COCCOCC(=O)N1CC2CN(Cc3ccccc3Cl)CC2(CCC(=O)O)C1. The molecule has 2 aliphatic heterocycles. The molecular weight excluding hydrogens is 396 g/mol. The van der Waals surface area contributed by atoms with Crippen LogP contribution in [0, 0.1) is 11.3 Å². The Morgan fingerprint density at radius 3 is 2.76 bits per heavy atom. The van der Waals surface area contributed by atoms with E-state index in [0.29, 0.717) is 32.7 Å². The molecule has 1 aromatic carbocycles. The van der Waals surface area contributed by atoms with E-state index in [1.807, 2.05) is 29.2 Å². The summed E-state index contributed by atoms with van der Waals surface area (Å²) >= 11 is 6.32. The molecule has 2 aliphatic rings. The molecule has 2 saturated heterocycles. The Balaban J connectivity index is 1.64. The molecule has 1 amide bonds. The van der Waals surface area contributed by atoms with E-state index in [-0.39, 0.29) is 30.3 Å². The number of ether oxygens (including phenoxy) is 2. The molecule has 2 heterocycles. The van der Waals surface area contributed by atoms with Gasteiger partial charge in [-0.2, -0.15) is 0 Å². The van der Waals surface area contributed by atoms with Crippen LogP contribution in [0.1, 0.15) is 18.4 Å². The lowest BCUT2D eigenvalue weighted by molar-refractivity contribution is -0.137. The molecule has 1 aromatic rings. The lowest BCUT2D eigenvalue weighted by Crippen LogP contribution is -2.38. The zero-order chi connectivity index (χ0) is 20.9. The predicted molar refractivity (Wildman–Crippen MR) is 109 cm³/mol. The fraction of sp³-hybridized carbons (Fsp3) is 0.619. The van der Waals surface area contributed by atoms with E-state index in [0.717, 1.165) is 30.2 Å². The number of hydrogen-bond acceptors (Lipinski definition) is 5. The monoisotopic (exact) mass is 424 g/mol. The largest absolute Gasteiger partial charge is 0.481 e. The third-order valence-electron chi connectivity index (χ3n) is 6.03. The zero-order valence-electron chi connectivity index (χ0n) is 16.8. The van der Waals surface area contributed by atoms with Gasteiger partial charge in [-0.15, -0.1) is 0 Å². The van der Waals surface area contributed by atoms with Crippen molar-refractivity contribution in [2.75, 3.05) is 53.1 Å². The molecule has 8 heteroatoms. The van der Waals surface area contributed by atoms with Crippen molar-refractivity contribution in [1.29, 1.82) is 0 Å². The van der Waals surface area contributed by atoms with Crippen molar-refractivity contribution in [3.05, 3.63) is 34.9 Å². The summed E-state index contributed by atoms with van der Waals surface area (Å²) in [5.74, 6) is -0.578. The van der Waals surface area contributed by atoms with Crippen LogP contribution in [-0.2, 0) is 25.6 Å². The molecule has 0 radical (unpaired) electrons. The van der Waals surface area contributed by atoms with Crippen molar-refractivity contribution < 1.29 is 24.2 Å². The highest BCUT2D eigenvalue weighted by molar-refractivity contribution is 6.31. The van der Waals surface area contributed by atoms with E-state index < -0.39 is 5.97 Å². The maximum Gasteiger partial charge on any atom is 0.303 e. The number of fused-ring (bicyclic) bond motifs is 1. The van der Waals surface area contributed by atoms with Gasteiger partial charge in [-0.05, 0) is 24.0 Å². The van der Waals surface area contributed by atoms with Crippen molar-refractivity contribution in [3.63, 3.8) is 0 Å². The molecule has 29 heavy (non-hydrogen) atoms. The summed E-state index contributed by atoms with van der Waals surface area (Å²) in [6.07, 6.45) is 0.684. The fourth-order valence-electron chi connectivity index (χ4n) is 4.57. The van der Waals surface area contributed by atoms with Gasteiger partial charge in [0.2, 0.25) is 5.91 Å². The van der Waals surface area contributed by atoms with E-state index >= 15 is 0 Å². The maximum absolute atomic E-state index is 12.5. The van der Waals surface area contributed by atoms with Crippen LogP contribution in [0.3, 0.4) is 0 Å². The standard InChI is InChI=1S/C21H29ClN2O5/c1-28-8-9-29-13-19(25)24-12-17-11-23(10-16-4-2-3-5-18(16)22)14-21(17,15-24)7-6-20(26)27/h2-5,17H,6-15H2,1H3,(H,26,27). The predicted octanol–water partition coefficient (Wildman–Crippen LogP) is 2.13. The van der Waals surface area contributed by atoms with Crippen molar-refractivity contribution in [2.24, 2.45) is 11.3 Å². The number of rotatable bonds is 10. The van der Waals surface area contributed by atoms with Crippen LogP contribution < -0.4 is 0 Å². The van der Waals surface area contributed by atoms with Crippen LogP contribution in [0.2, 0.25) is 5.02 Å². The summed E-state index contributed by atoms with van der Waals surface area (Å²) < 4.78 is 10.3. The summed E-state index contributed by atoms with van der Waals surface area (Å²) in [5, 5.41) is 9.97. The van der Waals surface area contributed by atoms with Crippen molar-refractivity contribution in [2.45, 2.75) is 19.4 Å². The number of carboxylic acid groups (broad SMARTS) is 1. The number of hydrogen-bond donors (Lipinski definition) is 1. The molecule has 0 aromatic heterocycles. The number of amides is 1. The smallest absolute Gasteiger partial charge is 0.303 e. The van der Waals surface area contributed by atoms with Gasteiger partial charge in [-0.1, -0.05) is 29.8 Å². The molecule has 0 saturated carbocycles. The molecular formula is C21H29ClN2O5. The molecule has 0 aliphatic carbocycles. The number of aliphatic carboxylic acids is 1. The molecule has 2 atom stereocenters. The van der Waals surface area contributed by atoms with Crippen LogP contribution in [0.4, 0.5) is 0 Å². The normalized spacial score (nSPS) is 24.1. The van der Waals surface area contributed by atoms with Crippen LogP contribution >= 0.6 is 11.6 Å². The highest BCUT2D eigenvalue weighted by Gasteiger charge is 2.53. The Kier molecular flexibility index (Phi) is 7.51. The summed E-state index contributed by atoms with van der Waals surface area (Å²) in [6.45, 7) is 4.43. The Morgan fingerprint density at radius 2 is 2.03 bits per heavy atom. The second-order valence-corrected chi connectivity index (χ2v) is 8.44. The van der Waals surface area contributed by atoms with E-state index in [9.17, 15) is 14.7 Å². The van der Waals surface area contributed by atoms with E-state index in [1.54, 1.807) is 7.11 Å². The fourth-order valence-corrected chi connectivity index (χ4v) is 4.77. The van der Waals surface area contributed by atoms with Gasteiger partial charge in [0.25, 0.3) is 0 Å². The number of halogens is 1. The Labute approximate surface area is 176 Å². The molecule has 0 bridgehead atoms. The molecule has 1 N–H and O–H groups in total. The number of carbonyl (C=O) groups is 2. The second-order valence-electron chi connectivity index (χ2n) is 8.03. The van der Waals surface area contributed by atoms with Gasteiger partial charge in [-0.25, -0.2) is 0 Å². The summed E-state index contributed by atoms with van der Waals surface area (Å²) in [5.41, 5.74) is 0.879. The highest BCUT2D eigenvalue weighted by atomic mass is 35.5. The van der Waals surface area contributed by atoms with Gasteiger partial charge < -0.3 is 19.5 Å². The third kappa shape index (κ3) is 5.48. The first-order valence-electron chi connectivity index (χ1n) is 9.95. The minimum atomic E-state index is -0.796. The molecule has 160 valence electrons. The maximum atomic E-state index is 12.5. The van der Waals surface area contributed by atoms with Gasteiger partial charge in [0, 0.05) is 56.7 Å². The van der Waals surface area contributed by atoms with Gasteiger partial charge in [0.05, 0.1) is 13.2 Å². The quantitative estimate of drug-likeness (QED) is 0.579. The second kappa shape index (κ2) is 9.89. The van der Waals surface area contributed by atoms with Gasteiger partial charge in [0.1, 0.15) is 6.61 Å². The van der Waals surface area contributed by atoms with Gasteiger partial charge >= 0.3 is 5.97 Å². The number of nitrogens with zero attached hydrogens (tertiary/aromatic N) is 2. The number of benzene rings is 1. The molecule has 3 rings (SSSR count). The number of carboxylic acids is 1. The average molecular weight is 425 g/mol. The van der Waals surface area contributed by atoms with Crippen molar-refractivity contribution in [3.8, 4) is 0 Å². The first kappa shape index (κ1) is 22.0. The number of methoxy groups -OCH3 is 1. The summed E-state index contributed by atoms with van der Waals surface area (Å²) in [4.78, 5) is 28.0. The lowest BCUT2D eigenvalue weighted by atomic mass is 9.77. The minimum absolute atomic E-state index is 0.0361. The first-order chi connectivity index (χ1) is 13.9. The van der Waals surface area contributed by atoms with Crippen molar-refractivity contribution >= 4 is 23.5 Å².